The highest BCUT2D eigenvalue weighted by Crippen LogP contribution is 2.26. The van der Waals surface area contributed by atoms with Gasteiger partial charge in [-0.25, -0.2) is 0 Å². The molecule has 1 aromatic heterocycles. The molecule has 1 amide bonds. The zero-order valence-electron chi connectivity index (χ0n) is 14.5. The van der Waals surface area contributed by atoms with Crippen LogP contribution in [0.4, 0.5) is 11.4 Å². The van der Waals surface area contributed by atoms with Crippen LogP contribution < -0.4 is 5.32 Å². The fraction of sp³-hybridized carbons (Fsp3) is 0.211. The fourth-order valence-corrected chi connectivity index (χ4v) is 3.67. The molecule has 6 nitrogen and oxygen atoms in total. The summed E-state index contributed by atoms with van der Waals surface area (Å²) in [7, 11) is 0. The maximum atomic E-state index is 12.2. The summed E-state index contributed by atoms with van der Waals surface area (Å²) in [6, 6.07) is 10.7. The minimum atomic E-state index is -0.410. The number of nitro groups is 1. The third-order valence-electron chi connectivity index (χ3n) is 4.20. The lowest BCUT2D eigenvalue weighted by Crippen LogP contribution is -2.15. The van der Waals surface area contributed by atoms with Crippen LogP contribution in [0, 0.1) is 24.0 Å². The minimum Gasteiger partial charge on any atom is -0.361 e. The number of thioether (sulfide) groups is 1. The Morgan fingerprint density at radius 3 is 2.65 bits per heavy atom. The highest BCUT2D eigenvalue weighted by atomic mass is 32.2. The summed E-state index contributed by atoms with van der Waals surface area (Å²) in [6.07, 6.45) is 1.84. The molecule has 0 saturated carbocycles. The highest BCUT2D eigenvalue weighted by Gasteiger charge is 2.11. The SMILES string of the molecule is Cc1cccc(C)c1NC(=O)CSCc1c[nH]c2cc([N+](=O)[O-])ccc12. The molecule has 0 fully saturated rings. The van der Waals surface area contributed by atoms with Crippen molar-refractivity contribution in [2.75, 3.05) is 11.1 Å². The van der Waals surface area contributed by atoms with E-state index >= 15 is 0 Å². The molecule has 0 aliphatic heterocycles. The van der Waals surface area contributed by atoms with Gasteiger partial charge in [-0.05, 0) is 36.6 Å². The van der Waals surface area contributed by atoms with Crippen LogP contribution in [0.15, 0.2) is 42.6 Å². The van der Waals surface area contributed by atoms with Crippen LogP contribution in [0.5, 0.6) is 0 Å². The van der Waals surface area contributed by atoms with Crippen molar-refractivity contribution < 1.29 is 9.72 Å². The summed E-state index contributed by atoms with van der Waals surface area (Å²) in [5.74, 6) is 0.952. The number of non-ortho nitro benzene ring substituents is 1. The van der Waals surface area contributed by atoms with E-state index < -0.39 is 4.92 Å². The number of hydrogen-bond donors (Lipinski definition) is 2. The number of nitrogens with zero attached hydrogens (tertiary/aromatic N) is 1. The van der Waals surface area contributed by atoms with Crippen LogP contribution in [0.25, 0.3) is 10.9 Å². The molecule has 0 atom stereocenters. The molecule has 2 aromatic carbocycles. The lowest BCUT2D eigenvalue weighted by atomic mass is 10.1. The molecule has 0 aliphatic carbocycles. The molecule has 7 heteroatoms. The molecular formula is C19H19N3O3S. The Hall–Kier alpha value is -2.80. The Morgan fingerprint density at radius 1 is 1.23 bits per heavy atom. The zero-order chi connectivity index (χ0) is 18.7. The second-order valence-electron chi connectivity index (χ2n) is 6.11. The van der Waals surface area contributed by atoms with Gasteiger partial charge in [0.05, 0.1) is 16.2 Å². The van der Waals surface area contributed by atoms with Crippen LogP contribution in [-0.2, 0) is 10.5 Å². The number of carbonyl (C=O) groups excluding carboxylic acids is 1. The molecule has 26 heavy (non-hydrogen) atoms. The summed E-state index contributed by atoms with van der Waals surface area (Å²) in [5, 5.41) is 14.8. The Kier molecular flexibility index (Phi) is 5.27. The lowest BCUT2D eigenvalue weighted by Gasteiger charge is -2.11. The molecule has 134 valence electrons. The Labute approximate surface area is 155 Å². The van der Waals surface area contributed by atoms with E-state index in [4.69, 9.17) is 0 Å². The fourth-order valence-electron chi connectivity index (χ4n) is 2.85. The second-order valence-corrected chi connectivity index (χ2v) is 7.09. The number of anilines is 1. The number of hydrogen-bond acceptors (Lipinski definition) is 4. The summed E-state index contributed by atoms with van der Waals surface area (Å²) in [4.78, 5) is 25.7. The van der Waals surface area contributed by atoms with E-state index in [9.17, 15) is 14.9 Å². The number of rotatable bonds is 6. The van der Waals surface area contributed by atoms with Crippen molar-refractivity contribution in [2.45, 2.75) is 19.6 Å². The van der Waals surface area contributed by atoms with Gasteiger partial charge in [0.25, 0.3) is 5.69 Å². The molecule has 3 aromatic rings. The van der Waals surface area contributed by atoms with E-state index in [1.165, 1.54) is 23.9 Å². The largest absolute Gasteiger partial charge is 0.361 e. The van der Waals surface area contributed by atoms with Crippen molar-refractivity contribution >= 4 is 39.9 Å². The molecule has 0 unspecified atom stereocenters. The molecule has 0 bridgehead atoms. The number of aromatic nitrogens is 1. The van der Waals surface area contributed by atoms with Crippen molar-refractivity contribution in [1.29, 1.82) is 0 Å². The van der Waals surface area contributed by atoms with Gasteiger partial charge in [0.2, 0.25) is 5.91 Å². The number of fused-ring (bicyclic) bond motifs is 1. The van der Waals surface area contributed by atoms with Crippen LogP contribution in [0.2, 0.25) is 0 Å². The topological polar surface area (TPSA) is 88.0 Å². The smallest absolute Gasteiger partial charge is 0.271 e. The van der Waals surface area contributed by atoms with Crippen molar-refractivity contribution in [3.8, 4) is 0 Å². The molecule has 3 rings (SSSR count). The van der Waals surface area contributed by atoms with Gasteiger partial charge in [-0.3, -0.25) is 14.9 Å². The van der Waals surface area contributed by atoms with Crippen LogP contribution in [-0.4, -0.2) is 21.6 Å². The van der Waals surface area contributed by atoms with E-state index in [2.05, 4.69) is 10.3 Å². The first-order chi connectivity index (χ1) is 12.5. The molecule has 1 heterocycles. The van der Waals surface area contributed by atoms with Crippen molar-refractivity contribution in [3.05, 3.63) is 69.4 Å². The lowest BCUT2D eigenvalue weighted by molar-refractivity contribution is -0.384. The molecule has 0 saturated heterocycles. The monoisotopic (exact) mass is 369 g/mol. The van der Waals surface area contributed by atoms with E-state index in [0.29, 0.717) is 11.5 Å². The van der Waals surface area contributed by atoms with Crippen LogP contribution >= 0.6 is 11.8 Å². The second kappa shape index (κ2) is 7.61. The number of nitrogens with one attached hydrogen (secondary N) is 2. The number of carbonyl (C=O) groups is 1. The first-order valence-corrected chi connectivity index (χ1v) is 9.29. The molecule has 0 aliphatic rings. The van der Waals surface area contributed by atoms with Crippen LogP contribution in [0.1, 0.15) is 16.7 Å². The highest BCUT2D eigenvalue weighted by molar-refractivity contribution is 7.99. The Bertz CT molecular complexity index is 961. The molecule has 2 N–H and O–H groups in total. The van der Waals surface area contributed by atoms with Crippen molar-refractivity contribution in [1.82, 2.24) is 4.98 Å². The first-order valence-electron chi connectivity index (χ1n) is 8.14. The number of amides is 1. The number of aryl methyl sites for hydroxylation is 2. The Balaban J connectivity index is 1.60. The summed E-state index contributed by atoms with van der Waals surface area (Å²) >= 11 is 1.51. The van der Waals surface area contributed by atoms with Crippen LogP contribution in [0.3, 0.4) is 0 Å². The predicted molar refractivity (Wildman–Crippen MR) is 106 cm³/mol. The van der Waals surface area contributed by atoms with Gasteiger partial charge < -0.3 is 10.3 Å². The average Bonchev–Trinajstić information content (AvgIpc) is 3.00. The van der Waals surface area contributed by atoms with Gasteiger partial charge in [0, 0.05) is 35.2 Å². The number of benzene rings is 2. The van der Waals surface area contributed by atoms with E-state index in [0.717, 1.165) is 33.3 Å². The summed E-state index contributed by atoms with van der Waals surface area (Å²) in [5.41, 5.74) is 4.78. The van der Waals surface area contributed by atoms with Crippen molar-refractivity contribution in [2.24, 2.45) is 0 Å². The van der Waals surface area contributed by atoms with Gasteiger partial charge >= 0.3 is 0 Å². The van der Waals surface area contributed by atoms with Crippen molar-refractivity contribution in [3.63, 3.8) is 0 Å². The number of aromatic amines is 1. The van der Waals surface area contributed by atoms with Gasteiger partial charge in [0.15, 0.2) is 0 Å². The zero-order valence-corrected chi connectivity index (χ0v) is 15.4. The predicted octanol–water partition coefficient (Wildman–Crippen LogP) is 4.56. The number of H-pyrrole nitrogens is 1. The van der Waals surface area contributed by atoms with E-state index in [1.807, 2.05) is 38.2 Å². The number of nitro benzene ring substituents is 1. The van der Waals surface area contributed by atoms with E-state index in [1.54, 1.807) is 6.07 Å². The maximum absolute atomic E-state index is 12.2. The summed E-state index contributed by atoms with van der Waals surface area (Å²) < 4.78 is 0. The Morgan fingerprint density at radius 2 is 1.96 bits per heavy atom. The average molecular weight is 369 g/mol. The van der Waals surface area contributed by atoms with Gasteiger partial charge in [-0.2, -0.15) is 0 Å². The quantitative estimate of drug-likeness (QED) is 0.492. The maximum Gasteiger partial charge on any atom is 0.271 e. The normalized spacial score (nSPS) is 10.8. The standard InChI is InChI=1S/C19H19N3O3S/c1-12-4-3-5-13(2)19(12)21-18(23)11-26-10-14-9-20-17-8-15(22(24)25)6-7-16(14)17/h3-9,20H,10-11H2,1-2H3,(H,21,23). The third kappa shape index (κ3) is 3.88. The third-order valence-corrected chi connectivity index (χ3v) is 5.18. The minimum absolute atomic E-state index is 0.0390. The van der Waals surface area contributed by atoms with Gasteiger partial charge in [-0.15, -0.1) is 11.8 Å². The molecular weight excluding hydrogens is 350 g/mol. The summed E-state index contributed by atoms with van der Waals surface area (Å²) in [6.45, 7) is 3.95. The molecule has 0 spiro atoms. The van der Waals surface area contributed by atoms with Gasteiger partial charge in [0.1, 0.15) is 0 Å². The van der Waals surface area contributed by atoms with E-state index in [-0.39, 0.29) is 11.6 Å². The molecule has 0 radical (unpaired) electrons. The first kappa shape index (κ1) is 18.0. The van der Waals surface area contributed by atoms with Gasteiger partial charge in [-0.1, -0.05) is 18.2 Å². The number of para-hydroxylation sites is 1.